The van der Waals surface area contributed by atoms with Gasteiger partial charge in [-0.3, -0.25) is 0 Å². The van der Waals surface area contributed by atoms with E-state index < -0.39 is 0 Å². The molecular weight excluding hydrogens is 284 g/mol. The van der Waals surface area contributed by atoms with Crippen molar-refractivity contribution in [2.24, 2.45) is 7.05 Å². The highest BCUT2D eigenvalue weighted by atomic mass is 16.2. The first-order chi connectivity index (χ1) is 11.2. The van der Waals surface area contributed by atoms with Gasteiger partial charge in [-0.15, -0.1) is 0 Å². The summed E-state index contributed by atoms with van der Waals surface area (Å²) in [7, 11) is 1.94. The van der Waals surface area contributed by atoms with Gasteiger partial charge in [-0.05, 0) is 6.42 Å². The van der Waals surface area contributed by atoms with Crippen LogP contribution in [0.5, 0.6) is 0 Å². The van der Waals surface area contributed by atoms with Gasteiger partial charge in [0.1, 0.15) is 12.4 Å². The highest BCUT2D eigenvalue weighted by Gasteiger charge is 2.10. The molecule has 0 aliphatic carbocycles. The molecule has 3 heteroatoms. The molecule has 3 nitrogen and oxygen atoms in total. The lowest BCUT2D eigenvalue weighted by Crippen LogP contribution is -2.24. The Labute approximate surface area is 143 Å². The van der Waals surface area contributed by atoms with Crippen LogP contribution in [0.3, 0.4) is 0 Å². The number of unbranched alkanes of at least 4 members (excludes halogenated alkanes) is 12. The van der Waals surface area contributed by atoms with E-state index in [0.717, 1.165) is 6.42 Å². The zero-order valence-electron chi connectivity index (χ0n) is 15.4. The maximum Gasteiger partial charge on any atom is 0.313 e. The van der Waals surface area contributed by atoms with E-state index in [9.17, 15) is 4.79 Å². The van der Waals surface area contributed by atoms with Gasteiger partial charge in [0.15, 0.2) is 0 Å². The molecule has 1 aromatic heterocycles. The summed E-state index contributed by atoms with van der Waals surface area (Å²) in [4.78, 5) is 11.9. The molecule has 1 heterocycles. The summed E-state index contributed by atoms with van der Waals surface area (Å²) in [5, 5.41) is 0. The third kappa shape index (κ3) is 10.3. The minimum Gasteiger partial charge on any atom is -0.246 e. The van der Waals surface area contributed by atoms with Crippen molar-refractivity contribution < 1.29 is 9.36 Å². The van der Waals surface area contributed by atoms with Gasteiger partial charge in [-0.1, -0.05) is 84.0 Å². The molecule has 0 N–H and O–H groups in total. The van der Waals surface area contributed by atoms with Gasteiger partial charge in [-0.25, -0.2) is 9.36 Å². The van der Waals surface area contributed by atoms with Gasteiger partial charge < -0.3 is 0 Å². The van der Waals surface area contributed by atoms with Crippen LogP contribution in [0.1, 0.15) is 102 Å². The number of aromatic nitrogens is 2. The number of hydrogen-bond donors (Lipinski definition) is 0. The van der Waals surface area contributed by atoms with Crippen LogP contribution in [-0.4, -0.2) is 10.5 Å². The number of carbonyl (C=O) groups is 1. The Bertz CT molecular complexity index is 412. The first-order valence-corrected chi connectivity index (χ1v) is 9.80. The lowest BCUT2D eigenvalue weighted by Gasteiger charge is -2.02. The Morgan fingerprint density at radius 2 is 1.30 bits per heavy atom. The van der Waals surface area contributed by atoms with Gasteiger partial charge >= 0.3 is 5.91 Å². The van der Waals surface area contributed by atoms with Gasteiger partial charge in [0, 0.05) is 0 Å². The monoisotopic (exact) mass is 321 g/mol. The molecule has 132 valence electrons. The second kappa shape index (κ2) is 13.3. The molecule has 0 spiro atoms. The zero-order chi connectivity index (χ0) is 16.8. The zero-order valence-corrected chi connectivity index (χ0v) is 15.4. The van der Waals surface area contributed by atoms with Gasteiger partial charge in [0.2, 0.25) is 0 Å². The fourth-order valence-corrected chi connectivity index (χ4v) is 3.02. The van der Waals surface area contributed by atoms with Crippen molar-refractivity contribution in [2.45, 2.75) is 96.8 Å². The van der Waals surface area contributed by atoms with E-state index in [4.69, 9.17) is 0 Å². The lowest BCUT2D eigenvalue weighted by molar-refractivity contribution is -0.670. The minimum absolute atomic E-state index is 0.216. The van der Waals surface area contributed by atoms with Crippen molar-refractivity contribution in [3.8, 4) is 0 Å². The molecule has 0 saturated carbocycles. The van der Waals surface area contributed by atoms with E-state index in [1.165, 1.54) is 77.0 Å². The molecule has 0 atom stereocenters. The normalized spacial score (nSPS) is 11.0. The standard InChI is InChI=1S/C20H37N2O/c1-3-4-5-6-7-8-9-10-11-12-13-14-15-16-20(23)22-18-17-21(2)19-22/h17-19H,3-16H2,1-2H3/q+1. The summed E-state index contributed by atoms with van der Waals surface area (Å²) in [6.07, 6.45) is 23.7. The highest BCUT2D eigenvalue weighted by molar-refractivity contribution is 5.78. The van der Waals surface area contributed by atoms with E-state index in [1.807, 2.05) is 30.3 Å². The molecule has 0 bridgehead atoms. The van der Waals surface area contributed by atoms with Crippen LogP contribution in [0.25, 0.3) is 0 Å². The molecule has 23 heavy (non-hydrogen) atoms. The maximum atomic E-state index is 11.9. The molecule has 0 radical (unpaired) electrons. The molecule has 0 aliphatic rings. The first kappa shape index (κ1) is 19.9. The molecule has 0 saturated heterocycles. The largest absolute Gasteiger partial charge is 0.313 e. The number of aryl methyl sites for hydroxylation is 1. The van der Waals surface area contributed by atoms with Crippen LogP contribution in [0.2, 0.25) is 0 Å². The fraction of sp³-hybridized carbons (Fsp3) is 0.800. The van der Waals surface area contributed by atoms with Crippen LogP contribution in [0, 0.1) is 0 Å². The molecule has 0 aliphatic heterocycles. The van der Waals surface area contributed by atoms with Crippen LogP contribution >= 0.6 is 0 Å². The van der Waals surface area contributed by atoms with E-state index in [-0.39, 0.29) is 5.91 Å². The van der Waals surface area contributed by atoms with Crippen molar-refractivity contribution in [1.82, 2.24) is 4.57 Å². The SMILES string of the molecule is CCCCCCCCCCCCCCCC(=O)n1cc[n+](C)c1. The van der Waals surface area contributed by atoms with Crippen LogP contribution in [0.15, 0.2) is 18.7 Å². The van der Waals surface area contributed by atoms with Gasteiger partial charge in [0.25, 0.3) is 6.33 Å². The summed E-state index contributed by atoms with van der Waals surface area (Å²) in [5.74, 6) is 0.216. The topological polar surface area (TPSA) is 25.9 Å². The molecule has 0 unspecified atom stereocenters. The second-order valence-corrected chi connectivity index (χ2v) is 6.87. The van der Waals surface area contributed by atoms with E-state index in [1.54, 1.807) is 4.57 Å². The number of rotatable bonds is 14. The number of imidazole rings is 1. The Kier molecular flexibility index (Phi) is 11.5. The Balaban J connectivity index is 1.82. The molecule has 0 fully saturated rings. The average molecular weight is 322 g/mol. The molecule has 1 rings (SSSR count). The third-order valence-electron chi connectivity index (χ3n) is 4.55. The fourth-order valence-electron chi connectivity index (χ4n) is 3.02. The quantitative estimate of drug-likeness (QED) is 0.331. The molecule has 0 aromatic carbocycles. The summed E-state index contributed by atoms with van der Waals surface area (Å²) < 4.78 is 3.60. The summed E-state index contributed by atoms with van der Waals surface area (Å²) in [5.41, 5.74) is 0. The average Bonchev–Trinajstić information content (AvgIpc) is 2.98. The Morgan fingerprint density at radius 3 is 1.74 bits per heavy atom. The number of nitrogens with zero attached hydrogens (tertiary/aromatic N) is 2. The first-order valence-electron chi connectivity index (χ1n) is 9.80. The number of hydrogen-bond acceptors (Lipinski definition) is 1. The smallest absolute Gasteiger partial charge is 0.246 e. The summed E-state index contributed by atoms with van der Waals surface area (Å²) in [6.45, 7) is 2.27. The highest BCUT2D eigenvalue weighted by Crippen LogP contribution is 2.13. The van der Waals surface area contributed by atoms with Crippen molar-refractivity contribution in [3.05, 3.63) is 18.7 Å². The number of carbonyl (C=O) groups excluding carboxylic acids is 1. The Hall–Kier alpha value is -1.12. The van der Waals surface area contributed by atoms with E-state index in [2.05, 4.69) is 6.92 Å². The third-order valence-corrected chi connectivity index (χ3v) is 4.55. The lowest BCUT2D eigenvalue weighted by atomic mass is 10.0. The predicted molar refractivity (Wildman–Crippen MR) is 96.5 cm³/mol. The molecule has 0 amide bonds. The maximum absolute atomic E-state index is 11.9. The van der Waals surface area contributed by atoms with Crippen molar-refractivity contribution in [1.29, 1.82) is 0 Å². The van der Waals surface area contributed by atoms with Crippen LogP contribution in [-0.2, 0) is 7.05 Å². The predicted octanol–water partition coefficient (Wildman–Crippen LogP) is 5.43. The van der Waals surface area contributed by atoms with Crippen LogP contribution in [0.4, 0.5) is 0 Å². The van der Waals surface area contributed by atoms with Crippen molar-refractivity contribution in [2.75, 3.05) is 0 Å². The molecule has 1 aromatic rings. The van der Waals surface area contributed by atoms with E-state index in [0.29, 0.717) is 6.42 Å². The van der Waals surface area contributed by atoms with Gasteiger partial charge in [-0.2, -0.15) is 4.57 Å². The Morgan fingerprint density at radius 1 is 0.826 bits per heavy atom. The van der Waals surface area contributed by atoms with Gasteiger partial charge in [0.05, 0.1) is 13.5 Å². The summed E-state index contributed by atoms with van der Waals surface area (Å²) >= 11 is 0. The summed E-state index contributed by atoms with van der Waals surface area (Å²) in [6, 6.07) is 0. The second-order valence-electron chi connectivity index (χ2n) is 6.87. The van der Waals surface area contributed by atoms with Crippen molar-refractivity contribution >= 4 is 5.91 Å². The minimum atomic E-state index is 0.216. The van der Waals surface area contributed by atoms with E-state index >= 15 is 0 Å². The molecular formula is C20H37N2O+. The van der Waals surface area contributed by atoms with Crippen LogP contribution < -0.4 is 4.57 Å². The van der Waals surface area contributed by atoms with Crippen molar-refractivity contribution in [3.63, 3.8) is 0 Å².